The first-order valence-electron chi connectivity index (χ1n) is 3.88. The zero-order chi connectivity index (χ0) is 10.6. The van der Waals surface area contributed by atoms with E-state index in [9.17, 15) is 9.59 Å². The van der Waals surface area contributed by atoms with Crippen molar-refractivity contribution >= 4 is 17.5 Å². The van der Waals surface area contributed by atoms with E-state index >= 15 is 0 Å². The molecule has 0 saturated heterocycles. The van der Waals surface area contributed by atoms with Gasteiger partial charge in [-0.15, -0.1) is 0 Å². The van der Waals surface area contributed by atoms with E-state index in [1.54, 1.807) is 24.3 Å². The van der Waals surface area contributed by atoms with Gasteiger partial charge >= 0.3 is 11.8 Å². The highest BCUT2D eigenvalue weighted by atomic mass is 16.5. The first-order valence-corrected chi connectivity index (χ1v) is 3.88. The van der Waals surface area contributed by atoms with Gasteiger partial charge in [-0.05, 0) is 12.1 Å². The van der Waals surface area contributed by atoms with Crippen molar-refractivity contribution in [3.63, 3.8) is 0 Å². The zero-order valence-corrected chi connectivity index (χ0v) is 7.61. The van der Waals surface area contributed by atoms with Crippen molar-refractivity contribution in [1.82, 2.24) is 0 Å². The van der Waals surface area contributed by atoms with Gasteiger partial charge in [-0.2, -0.15) is 0 Å². The Kier molecular flexibility index (Phi) is 3.06. The molecule has 0 spiro atoms. The Labute approximate surface area is 80.9 Å². The molecule has 1 rings (SSSR count). The smallest absolute Gasteiger partial charge is 0.313 e. The maximum absolute atomic E-state index is 10.9. The zero-order valence-electron chi connectivity index (χ0n) is 7.61. The summed E-state index contributed by atoms with van der Waals surface area (Å²) in [6.45, 7) is 0. The number of nitrogens with one attached hydrogen (secondary N) is 1. The summed E-state index contributed by atoms with van der Waals surface area (Å²) in [7, 11) is 1.51. The van der Waals surface area contributed by atoms with E-state index in [2.05, 4.69) is 5.32 Å². The molecule has 0 radical (unpaired) electrons. The molecule has 3 N–H and O–H groups in total. The summed E-state index contributed by atoms with van der Waals surface area (Å²) in [5.74, 6) is -1.28. The van der Waals surface area contributed by atoms with Crippen LogP contribution in [0.25, 0.3) is 0 Å². The molecule has 0 aliphatic carbocycles. The van der Waals surface area contributed by atoms with Crippen LogP contribution in [0.3, 0.4) is 0 Å². The van der Waals surface area contributed by atoms with Crippen molar-refractivity contribution in [2.45, 2.75) is 0 Å². The summed E-state index contributed by atoms with van der Waals surface area (Å²) >= 11 is 0. The van der Waals surface area contributed by atoms with E-state index in [4.69, 9.17) is 10.5 Å². The first kappa shape index (κ1) is 10.0. The number of amides is 2. The molecule has 0 aromatic heterocycles. The molecule has 0 saturated carbocycles. The molecule has 74 valence electrons. The van der Waals surface area contributed by atoms with Gasteiger partial charge in [0.15, 0.2) is 0 Å². The number of carbonyl (C=O) groups excluding carboxylic acids is 2. The highest BCUT2D eigenvalue weighted by Gasteiger charge is 2.08. The maximum atomic E-state index is 10.9. The Morgan fingerprint density at radius 1 is 1.43 bits per heavy atom. The molecule has 5 heteroatoms. The van der Waals surface area contributed by atoms with Crippen LogP contribution >= 0.6 is 0 Å². The molecule has 1 aromatic carbocycles. The number of hydrogen-bond acceptors (Lipinski definition) is 3. The van der Waals surface area contributed by atoms with Crippen molar-refractivity contribution in [2.24, 2.45) is 5.73 Å². The third kappa shape index (κ3) is 2.48. The van der Waals surface area contributed by atoms with Gasteiger partial charge in [-0.1, -0.05) is 6.07 Å². The summed E-state index contributed by atoms with van der Waals surface area (Å²) in [4.78, 5) is 21.3. The molecule has 5 nitrogen and oxygen atoms in total. The lowest BCUT2D eigenvalue weighted by atomic mass is 10.3. The lowest BCUT2D eigenvalue weighted by molar-refractivity contribution is -0.134. The van der Waals surface area contributed by atoms with Gasteiger partial charge in [0.2, 0.25) is 0 Å². The largest absolute Gasteiger partial charge is 0.497 e. The number of anilines is 1. The van der Waals surface area contributed by atoms with Crippen molar-refractivity contribution < 1.29 is 14.3 Å². The Hall–Kier alpha value is -2.04. The molecule has 0 fully saturated rings. The van der Waals surface area contributed by atoms with Crippen LogP contribution in [0.5, 0.6) is 5.75 Å². The topological polar surface area (TPSA) is 81.4 Å². The van der Waals surface area contributed by atoms with Gasteiger partial charge in [0.25, 0.3) is 0 Å². The Morgan fingerprint density at radius 3 is 2.71 bits per heavy atom. The Balaban J connectivity index is 2.76. The van der Waals surface area contributed by atoms with E-state index in [1.807, 2.05) is 0 Å². The van der Waals surface area contributed by atoms with Crippen LogP contribution in [0, 0.1) is 0 Å². The molecule has 0 unspecified atom stereocenters. The van der Waals surface area contributed by atoms with Gasteiger partial charge in [0, 0.05) is 11.8 Å². The van der Waals surface area contributed by atoms with Crippen molar-refractivity contribution in [2.75, 3.05) is 12.4 Å². The van der Waals surface area contributed by atoms with Crippen molar-refractivity contribution in [3.8, 4) is 5.75 Å². The minimum Gasteiger partial charge on any atom is -0.497 e. The molecule has 0 heterocycles. The van der Waals surface area contributed by atoms with Crippen LogP contribution in [0.1, 0.15) is 0 Å². The highest BCUT2D eigenvalue weighted by molar-refractivity contribution is 6.39. The minimum absolute atomic E-state index is 0.466. The maximum Gasteiger partial charge on any atom is 0.313 e. The summed E-state index contributed by atoms with van der Waals surface area (Å²) in [5.41, 5.74) is 5.24. The summed E-state index contributed by atoms with van der Waals surface area (Å²) in [5, 5.41) is 2.32. The van der Waals surface area contributed by atoms with Gasteiger partial charge in [0.05, 0.1) is 7.11 Å². The molecule has 0 bridgehead atoms. The van der Waals surface area contributed by atoms with Crippen LogP contribution in [0.4, 0.5) is 5.69 Å². The van der Waals surface area contributed by atoms with Crippen molar-refractivity contribution in [3.05, 3.63) is 24.3 Å². The van der Waals surface area contributed by atoms with E-state index in [0.717, 1.165) is 0 Å². The second-order valence-corrected chi connectivity index (χ2v) is 2.55. The summed E-state index contributed by atoms with van der Waals surface area (Å²) in [6.07, 6.45) is 0. The summed E-state index contributed by atoms with van der Waals surface area (Å²) in [6, 6.07) is 6.62. The molecule has 1 aromatic rings. The number of methoxy groups -OCH3 is 1. The van der Waals surface area contributed by atoms with Crippen LogP contribution in [-0.4, -0.2) is 18.9 Å². The van der Waals surface area contributed by atoms with Crippen molar-refractivity contribution in [1.29, 1.82) is 0 Å². The first-order chi connectivity index (χ1) is 6.63. The molecular weight excluding hydrogens is 184 g/mol. The predicted molar refractivity (Wildman–Crippen MR) is 50.8 cm³/mol. The molecule has 2 amide bonds. The van der Waals surface area contributed by atoms with E-state index in [1.165, 1.54) is 7.11 Å². The third-order valence-corrected chi connectivity index (χ3v) is 1.55. The van der Waals surface area contributed by atoms with E-state index in [0.29, 0.717) is 11.4 Å². The number of hydrogen-bond donors (Lipinski definition) is 2. The van der Waals surface area contributed by atoms with Crippen LogP contribution < -0.4 is 15.8 Å². The molecule has 0 atom stereocenters. The van der Waals surface area contributed by atoms with Gasteiger partial charge in [0.1, 0.15) is 5.75 Å². The Morgan fingerprint density at radius 2 is 2.14 bits per heavy atom. The lowest BCUT2D eigenvalue weighted by Crippen LogP contribution is -2.29. The second-order valence-electron chi connectivity index (χ2n) is 2.55. The second kappa shape index (κ2) is 4.27. The monoisotopic (exact) mass is 194 g/mol. The average molecular weight is 194 g/mol. The third-order valence-electron chi connectivity index (χ3n) is 1.55. The van der Waals surface area contributed by atoms with E-state index in [-0.39, 0.29) is 0 Å². The van der Waals surface area contributed by atoms with Crippen LogP contribution in [0.15, 0.2) is 24.3 Å². The highest BCUT2D eigenvalue weighted by Crippen LogP contribution is 2.16. The average Bonchev–Trinajstić information content (AvgIpc) is 2.18. The van der Waals surface area contributed by atoms with E-state index < -0.39 is 11.8 Å². The number of carbonyl (C=O) groups is 2. The number of primary amides is 1. The number of benzene rings is 1. The van der Waals surface area contributed by atoms with Crippen LogP contribution in [-0.2, 0) is 9.59 Å². The molecule has 0 aliphatic heterocycles. The van der Waals surface area contributed by atoms with Gasteiger partial charge in [-0.25, -0.2) is 0 Å². The standard InChI is InChI=1S/C9H10N2O3/c1-14-7-4-2-3-6(5-7)11-9(13)8(10)12/h2-5H,1H3,(H2,10,12)(H,11,13). The minimum atomic E-state index is -1.02. The van der Waals surface area contributed by atoms with Gasteiger partial charge in [-0.3, -0.25) is 9.59 Å². The molecule has 0 aliphatic rings. The SMILES string of the molecule is COc1cccc(NC(=O)C(N)=O)c1. The fraction of sp³-hybridized carbons (Fsp3) is 0.111. The number of rotatable bonds is 2. The normalized spacial score (nSPS) is 9.21. The Bertz CT molecular complexity index is 363. The fourth-order valence-corrected chi connectivity index (χ4v) is 0.894. The summed E-state index contributed by atoms with van der Waals surface area (Å²) < 4.78 is 4.93. The number of nitrogens with two attached hydrogens (primary N) is 1. The lowest BCUT2D eigenvalue weighted by Gasteiger charge is -2.04. The number of ether oxygens (including phenoxy) is 1. The van der Waals surface area contributed by atoms with Crippen LogP contribution in [0.2, 0.25) is 0 Å². The predicted octanol–water partition coefficient (Wildman–Crippen LogP) is 0.119. The van der Waals surface area contributed by atoms with Gasteiger partial charge < -0.3 is 15.8 Å². The molecular formula is C9H10N2O3. The fourth-order valence-electron chi connectivity index (χ4n) is 0.894. The molecule has 14 heavy (non-hydrogen) atoms. The quantitative estimate of drug-likeness (QED) is 0.656.